The van der Waals surface area contributed by atoms with E-state index < -0.39 is 0 Å². The third-order valence-corrected chi connectivity index (χ3v) is 3.28. The van der Waals surface area contributed by atoms with Gasteiger partial charge >= 0.3 is 0 Å². The number of aromatic amines is 1. The van der Waals surface area contributed by atoms with Gasteiger partial charge in [-0.05, 0) is 25.7 Å². The van der Waals surface area contributed by atoms with E-state index in [1.165, 1.54) is 25.7 Å². The van der Waals surface area contributed by atoms with E-state index in [4.69, 9.17) is 5.73 Å². The van der Waals surface area contributed by atoms with Crippen LogP contribution in [0.25, 0.3) is 0 Å². The average molecular weight is 208 g/mol. The predicted octanol–water partition coefficient (Wildman–Crippen LogP) is 2.29. The highest BCUT2D eigenvalue weighted by molar-refractivity contribution is 5.57. The van der Waals surface area contributed by atoms with Crippen LogP contribution in [0.2, 0.25) is 0 Å². The van der Waals surface area contributed by atoms with Crippen LogP contribution in [-0.4, -0.2) is 16.0 Å². The van der Waals surface area contributed by atoms with Crippen molar-refractivity contribution in [3.05, 3.63) is 5.82 Å². The maximum atomic E-state index is 5.82. The second-order valence-corrected chi connectivity index (χ2v) is 4.60. The van der Waals surface area contributed by atoms with Crippen molar-refractivity contribution in [2.45, 2.75) is 45.6 Å². The Kier molecular flexibility index (Phi) is 2.84. The van der Waals surface area contributed by atoms with E-state index in [2.05, 4.69) is 22.2 Å². The molecule has 1 aromatic rings. The number of H-pyrrole nitrogens is 1. The maximum absolute atomic E-state index is 5.82. The molecule has 2 unspecified atom stereocenters. The summed E-state index contributed by atoms with van der Waals surface area (Å²) in [6, 6.07) is 0.531. The summed E-state index contributed by atoms with van der Waals surface area (Å²) in [5, 5.41) is 3.45. The zero-order valence-corrected chi connectivity index (χ0v) is 9.51. The minimum atomic E-state index is 0.531. The third kappa shape index (κ3) is 2.25. The van der Waals surface area contributed by atoms with E-state index in [0.29, 0.717) is 11.9 Å². The summed E-state index contributed by atoms with van der Waals surface area (Å²) in [6.45, 7) is 4.22. The first-order valence-corrected chi connectivity index (χ1v) is 5.75. The molecule has 4 nitrogen and oxygen atoms in total. The molecule has 0 aromatic carbocycles. The summed E-state index contributed by atoms with van der Waals surface area (Å²) < 4.78 is 0. The summed E-state index contributed by atoms with van der Waals surface area (Å²) in [5.74, 6) is 3.07. The van der Waals surface area contributed by atoms with Gasteiger partial charge in [0.15, 0.2) is 5.82 Å². The number of hydrogen-bond acceptors (Lipinski definition) is 3. The Labute approximate surface area is 90.7 Å². The number of nitrogens with zero attached hydrogens (tertiary/aromatic N) is 1. The van der Waals surface area contributed by atoms with E-state index in [1.54, 1.807) is 0 Å². The SMILES string of the molecule is Cc1nc(NC2CCCCC2C)c(N)[nH]1. The largest absolute Gasteiger partial charge is 0.382 e. The molecule has 84 valence electrons. The van der Waals surface area contributed by atoms with Crippen LogP contribution < -0.4 is 11.1 Å². The van der Waals surface area contributed by atoms with Gasteiger partial charge in [0.05, 0.1) is 0 Å². The molecule has 4 N–H and O–H groups in total. The number of nitrogens with two attached hydrogens (primary N) is 1. The Balaban J connectivity index is 2.04. The molecule has 0 amide bonds. The number of aromatic nitrogens is 2. The molecule has 0 aliphatic heterocycles. The lowest BCUT2D eigenvalue weighted by atomic mass is 9.86. The molecule has 15 heavy (non-hydrogen) atoms. The van der Waals surface area contributed by atoms with Crippen LogP contribution in [0.5, 0.6) is 0 Å². The molecule has 1 saturated carbocycles. The van der Waals surface area contributed by atoms with Crippen LogP contribution in [0.3, 0.4) is 0 Å². The Hall–Kier alpha value is -1.19. The number of hydrogen-bond donors (Lipinski definition) is 3. The molecule has 1 aromatic heterocycles. The standard InChI is InChI=1S/C11H20N4/c1-7-5-3-4-6-9(7)15-11-10(12)13-8(2)14-11/h7,9,15H,3-6,12H2,1-2H3,(H,13,14). The van der Waals surface area contributed by atoms with Gasteiger partial charge in [0, 0.05) is 6.04 Å². The Morgan fingerprint density at radius 2 is 2.13 bits per heavy atom. The summed E-state index contributed by atoms with van der Waals surface area (Å²) in [6.07, 6.45) is 5.20. The Bertz CT molecular complexity index is 331. The van der Waals surface area contributed by atoms with E-state index in [-0.39, 0.29) is 0 Å². The number of anilines is 2. The smallest absolute Gasteiger partial charge is 0.168 e. The molecule has 4 heteroatoms. The summed E-state index contributed by atoms with van der Waals surface area (Å²) >= 11 is 0. The van der Waals surface area contributed by atoms with Crippen molar-refractivity contribution in [3.8, 4) is 0 Å². The Morgan fingerprint density at radius 3 is 2.73 bits per heavy atom. The zero-order chi connectivity index (χ0) is 10.8. The zero-order valence-electron chi connectivity index (χ0n) is 9.51. The maximum Gasteiger partial charge on any atom is 0.168 e. The van der Waals surface area contributed by atoms with Gasteiger partial charge in [0.2, 0.25) is 0 Å². The molecular weight excluding hydrogens is 188 g/mol. The second-order valence-electron chi connectivity index (χ2n) is 4.60. The van der Waals surface area contributed by atoms with Gasteiger partial charge in [0.1, 0.15) is 11.6 Å². The van der Waals surface area contributed by atoms with Crippen molar-refractivity contribution in [1.82, 2.24) is 9.97 Å². The van der Waals surface area contributed by atoms with Crippen molar-refractivity contribution >= 4 is 11.6 Å². The van der Waals surface area contributed by atoms with Crippen LogP contribution in [-0.2, 0) is 0 Å². The van der Waals surface area contributed by atoms with Crippen LogP contribution in [0.4, 0.5) is 11.6 Å². The molecule has 1 fully saturated rings. The van der Waals surface area contributed by atoms with Gasteiger partial charge in [-0.25, -0.2) is 4.98 Å². The van der Waals surface area contributed by atoms with Gasteiger partial charge in [-0.1, -0.05) is 19.8 Å². The number of nitrogens with one attached hydrogen (secondary N) is 2. The van der Waals surface area contributed by atoms with Gasteiger partial charge in [0.25, 0.3) is 0 Å². The molecule has 2 rings (SSSR count). The summed E-state index contributed by atoms with van der Waals surface area (Å²) in [5.41, 5.74) is 5.82. The highest BCUT2D eigenvalue weighted by Gasteiger charge is 2.22. The fraction of sp³-hybridized carbons (Fsp3) is 0.727. The summed E-state index contributed by atoms with van der Waals surface area (Å²) in [7, 11) is 0. The molecule has 0 saturated heterocycles. The molecule has 0 spiro atoms. The first-order valence-electron chi connectivity index (χ1n) is 5.75. The lowest BCUT2D eigenvalue weighted by Crippen LogP contribution is -2.30. The predicted molar refractivity (Wildman–Crippen MR) is 62.8 cm³/mol. The fourth-order valence-electron chi connectivity index (χ4n) is 2.33. The van der Waals surface area contributed by atoms with Gasteiger partial charge in [-0.2, -0.15) is 0 Å². The highest BCUT2D eigenvalue weighted by atomic mass is 15.1. The first kappa shape index (κ1) is 10.3. The van der Waals surface area contributed by atoms with Crippen molar-refractivity contribution in [2.24, 2.45) is 5.92 Å². The fourth-order valence-corrected chi connectivity index (χ4v) is 2.33. The van der Waals surface area contributed by atoms with E-state index in [1.807, 2.05) is 6.92 Å². The van der Waals surface area contributed by atoms with Gasteiger partial charge in [-0.3, -0.25) is 0 Å². The summed E-state index contributed by atoms with van der Waals surface area (Å²) in [4.78, 5) is 7.36. The van der Waals surface area contributed by atoms with Crippen LogP contribution in [0.15, 0.2) is 0 Å². The molecule has 1 heterocycles. The van der Waals surface area contributed by atoms with Crippen molar-refractivity contribution in [1.29, 1.82) is 0 Å². The first-order chi connectivity index (χ1) is 7.16. The number of rotatable bonds is 2. The van der Waals surface area contributed by atoms with Crippen molar-refractivity contribution in [2.75, 3.05) is 11.1 Å². The molecular formula is C11H20N4. The second kappa shape index (κ2) is 4.13. The number of imidazole rings is 1. The minimum absolute atomic E-state index is 0.531. The molecule has 1 aliphatic rings. The number of aryl methyl sites for hydroxylation is 1. The monoisotopic (exact) mass is 208 g/mol. The normalized spacial score (nSPS) is 26.5. The lowest BCUT2D eigenvalue weighted by Gasteiger charge is -2.29. The van der Waals surface area contributed by atoms with E-state index >= 15 is 0 Å². The third-order valence-electron chi connectivity index (χ3n) is 3.28. The lowest BCUT2D eigenvalue weighted by molar-refractivity contribution is 0.349. The molecule has 2 atom stereocenters. The average Bonchev–Trinajstić information content (AvgIpc) is 2.49. The van der Waals surface area contributed by atoms with E-state index in [9.17, 15) is 0 Å². The van der Waals surface area contributed by atoms with Crippen LogP contribution >= 0.6 is 0 Å². The topological polar surface area (TPSA) is 66.7 Å². The van der Waals surface area contributed by atoms with Crippen molar-refractivity contribution < 1.29 is 0 Å². The molecule has 0 bridgehead atoms. The van der Waals surface area contributed by atoms with Gasteiger partial charge in [-0.15, -0.1) is 0 Å². The minimum Gasteiger partial charge on any atom is -0.382 e. The quantitative estimate of drug-likeness (QED) is 0.698. The van der Waals surface area contributed by atoms with Crippen LogP contribution in [0.1, 0.15) is 38.4 Å². The van der Waals surface area contributed by atoms with E-state index in [0.717, 1.165) is 17.6 Å². The van der Waals surface area contributed by atoms with Gasteiger partial charge < -0.3 is 16.0 Å². The Morgan fingerprint density at radius 1 is 1.40 bits per heavy atom. The molecule has 1 aliphatic carbocycles. The highest BCUT2D eigenvalue weighted by Crippen LogP contribution is 2.27. The number of nitrogen functional groups attached to an aromatic ring is 1. The van der Waals surface area contributed by atoms with Crippen molar-refractivity contribution in [3.63, 3.8) is 0 Å². The van der Waals surface area contributed by atoms with Crippen LogP contribution in [0, 0.1) is 12.8 Å². The molecule has 0 radical (unpaired) electrons.